The number of hydrogen-bond donors (Lipinski definition) is 1. The molecule has 1 heterocycles. The molecule has 2 aromatic rings. The zero-order chi connectivity index (χ0) is 15.0. The zero-order valence-corrected chi connectivity index (χ0v) is 13.9. The lowest BCUT2D eigenvalue weighted by molar-refractivity contribution is 0.171. The van der Waals surface area contributed by atoms with Crippen molar-refractivity contribution in [3.63, 3.8) is 0 Å². The van der Waals surface area contributed by atoms with E-state index in [1.165, 1.54) is 0 Å². The highest BCUT2D eigenvalue weighted by atomic mass is 79.9. The third-order valence-electron chi connectivity index (χ3n) is 3.56. The molecule has 0 aliphatic carbocycles. The van der Waals surface area contributed by atoms with Gasteiger partial charge in [0.2, 0.25) is 0 Å². The van der Waals surface area contributed by atoms with E-state index >= 15 is 0 Å². The van der Waals surface area contributed by atoms with Gasteiger partial charge in [-0.2, -0.15) is 0 Å². The van der Waals surface area contributed by atoms with Crippen molar-refractivity contribution in [3.05, 3.63) is 56.5 Å². The second-order valence-electron chi connectivity index (χ2n) is 5.00. The van der Waals surface area contributed by atoms with E-state index in [4.69, 9.17) is 26.8 Å². The number of rotatable bonds is 2. The molecular formula is C16H15BrClNO2. The molecule has 2 N–H and O–H groups in total. The third-order valence-corrected chi connectivity index (χ3v) is 4.49. The predicted octanol–water partition coefficient (Wildman–Crippen LogP) is 4.23. The van der Waals surface area contributed by atoms with Gasteiger partial charge in [-0.3, -0.25) is 0 Å². The average molecular weight is 369 g/mol. The topological polar surface area (TPSA) is 44.5 Å². The first-order valence-corrected chi connectivity index (χ1v) is 7.84. The predicted molar refractivity (Wildman–Crippen MR) is 87.4 cm³/mol. The van der Waals surface area contributed by atoms with E-state index in [1.54, 1.807) is 0 Å². The van der Waals surface area contributed by atoms with E-state index in [0.29, 0.717) is 18.2 Å². The Morgan fingerprint density at radius 2 is 1.76 bits per heavy atom. The summed E-state index contributed by atoms with van der Waals surface area (Å²) in [4.78, 5) is 0. The van der Waals surface area contributed by atoms with Crippen LogP contribution in [0.4, 0.5) is 0 Å². The Morgan fingerprint density at radius 1 is 1.10 bits per heavy atom. The minimum Gasteiger partial charge on any atom is -0.486 e. The lowest BCUT2D eigenvalue weighted by Gasteiger charge is -2.22. The van der Waals surface area contributed by atoms with Gasteiger partial charge in [-0.15, -0.1) is 0 Å². The number of halogens is 2. The molecule has 0 spiro atoms. The van der Waals surface area contributed by atoms with Crippen LogP contribution in [0.25, 0.3) is 0 Å². The van der Waals surface area contributed by atoms with Crippen LogP contribution in [0.5, 0.6) is 11.5 Å². The number of hydrogen-bond acceptors (Lipinski definition) is 3. The van der Waals surface area contributed by atoms with Crippen molar-refractivity contribution in [2.75, 3.05) is 13.2 Å². The normalized spacial score (nSPS) is 14.9. The van der Waals surface area contributed by atoms with Gasteiger partial charge in [-0.1, -0.05) is 33.6 Å². The number of ether oxygens (including phenoxy) is 2. The summed E-state index contributed by atoms with van der Waals surface area (Å²) in [6, 6.07) is 9.34. The molecule has 21 heavy (non-hydrogen) atoms. The fourth-order valence-corrected chi connectivity index (χ4v) is 3.27. The molecule has 1 aliphatic rings. The van der Waals surface area contributed by atoms with Gasteiger partial charge < -0.3 is 15.2 Å². The molecule has 1 unspecified atom stereocenters. The van der Waals surface area contributed by atoms with E-state index in [0.717, 1.165) is 32.7 Å². The molecule has 0 saturated carbocycles. The Balaban J connectivity index is 2.03. The Hall–Kier alpha value is -1.23. The van der Waals surface area contributed by atoms with Crippen LogP contribution in [0, 0.1) is 6.92 Å². The van der Waals surface area contributed by atoms with Gasteiger partial charge in [0.25, 0.3) is 0 Å². The second-order valence-corrected chi connectivity index (χ2v) is 6.29. The van der Waals surface area contributed by atoms with Crippen molar-refractivity contribution in [1.82, 2.24) is 0 Å². The largest absolute Gasteiger partial charge is 0.486 e. The van der Waals surface area contributed by atoms with Gasteiger partial charge in [-0.05, 0) is 47.9 Å². The van der Waals surface area contributed by atoms with Gasteiger partial charge in [0, 0.05) is 9.50 Å². The molecule has 3 nitrogen and oxygen atoms in total. The average Bonchev–Trinajstić information content (AvgIpc) is 2.46. The summed E-state index contributed by atoms with van der Waals surface area (Å²) in [7, 11) is 0. The van der Waals surface area contributed by atoms with Gasteiger partial charge in [0.05, 0.1) is 6.04 Å². The zero-order valence-electron chi connectivity index (χ0n) is 11.5. The lowest BCUT2D eigenvalue weighted by atomic mass is 9.95. The summed E-state index contributed by atoms with van der Waals surface area (Å²) in [6.45, 7) is 3.14. The number of fused-ring (bicyclic) bond motifs is 1. The van der Waals surface area contributed by atoms with E-state index < -0.39 is 0 Å². The molecule has 0 saturated heterocycles. The minimum atomic E-state index is -0.257. The van der Waals surface area contributed by atoms with Crippen molar-refractivity contribution in [2.45, 2.75) is 13.0 Å². The first-order chi connectivity index (χ1) is 10.1. The molecule has 1 atom stereocenters. The summed E-state index contributed by atoms with van der Waals surface area (Å²) in [6.07, 6.45) is 0. The second kappa shape index (κ2) is 5.87. The van der Waals surface area contributed by atoms with E-state index in [1.807, 2.05) is 37.3 Å². The molecule has 0 fully saturated rings. The van der Waals surface area contributed by atoms with Crippen LogP contribution in [-0.2, 0) is 0 Å². The summed E-state index contributed by atoms with van der Waals surface area (Å²) < 4.78 is 12.1. The first kappa shape index (κ1) is 14.7. The Kier molecular flexibility index (Phi) is 4.11. The van der Waals surface area contributed by atoms with Gasteiger partial charge >= 0.3 is 0 Å². The van der Waals surface area contributed by atoms with Gasteiger partial charge in [-0.25, -0.2) is 0 Å². The van der Waals surface area contributed by atoms with Crippen LogP contribution < -0.4 is 15.2 Å². The van der Waals surface area contributed by atoms with Crippen LogP contribution in [0.1, 0.15) is 22.7 Å². The highest BCUT2D eigenvalue weighted by Crippen LogP contribution is 2.39. The third kappa shape index (κ3) is 2.89. The van der Waals surface area contributed by atoms with E-state index in [-0.39, 0.29) is 6.04 Å². The SMILES string of the molecule is Cc1cc(Cl)ccc1C(N)c1cc2c(cc1Br)OCCO2. The van der Waals surface area contributed by atoms with Crippen LogP contribution in [0.15, 0.2) is 34.8 Å². The molecule has 0 aromatic heterocycles. The maximum atomic E-state index is 6.43. The van der Waals surface area contributed by atoms with E-state index in [9.17, 15) is 0 Å². The standard InChI is InChI=1S/C16H15BrClNO2/c1-9-6-10(18)2-3-11(9)16(19)12-7-14-15(8-13(12)17)21-5-4-20-14/h2-3,6-8,16H,4-5,19H2,1H3. The van der Waals surface area contributed by atoms with Gasteiger partial charge in [0.1, 0.15) is 13.2 Å². The summed E-state index contributed by atoms with van der Waals surface area (Å²) in [5, 5.41) is 0.713. The monoisotopic (exact) mass is 367 g/mol. The molecule has 0 amide bonds. The molecule has 1 aliphatic heterocycles. The van der Waals surface area contributed by atoms with Crippen molar-refractivity contribution in [1.29, 1.82) is 0 Å². The van der Waals surface area contributed by atoms with Crippen molar-refractivity contribution < 1.29 is 9.47 Å². The molecule has 2 aromatic carbocycles. The fourth-order valence-electron chi connectivity index (χ4n) is 2.47. The van der Waals surface area contributed by atoms with E-state index in [2.05, 4.69) is 15.9 Å². The highest BCUT2D eigenvalue weighted by molar-refractivity contribution is 9.10. The summed E-state index contributed by atoms with van der Waals surface area (Å²) >= 11 is 9.58. The number of aryl methyl sites for hydroxylation is 1. The Morgan fingerprint density at radius 3 is 2.43 bits per heavy atom. The molecular weight excluding hydrogens is 354 g/mol. The number of benzene rings is 2. The minimum absolute atomic E-state index is 0.257. The molecule has 3 rings (SSSR count). The highest BCUT2D eigenvalue weighted by Gasteiger charge is 2.20. The number of nitrogens with two attached hydrogens (primary N) is 1. The Bertz CT molecular complexity index is 690. The maximum absolute atomic E-state index is 6.43. The van der Waals surface area contributed by atoms with Gasteiger partial charge in [0.15, 0.2) is 11.5 Å². The van der Waals surface area contributed by atoms with Crippen molar-refractivity contribution in [2.24, 2.45) is 5.73 Å². The van der Waals surface area contributed by atoms with Crippen LogP contribution in [0.2, 0.25) is 5.02 Å². The molecule has 5 heteroatoms. The quantitative estimate of drug-likeness (QED) is 0.862. The van der Waals surface area contributed by atoms with Crippen molar-refractivity contribution in [3.8, 4) is 11.5 Å². The summed E-state index contributed by atoms with van der Waals surface area (Å²) in [5.41, 5.74) is 9.50. The molecule has 110 valence electrons. The fraction of sp³-hybridized carbons (Fsp3) is 0.250. The summed E-state index contributed by atoms with van der Waals surface area (Å²) in [5.74, 6) is 1.48. The van der Waals surface area contributed by atoms with Crippen molar-refractivity contribution >= 4 is 27.5 Å². The Labute approximate surface area is 137 Å². The first-order valence-electron chi connectivity index (χ1n) is 6.67. The molecule has 0 radical (unpaired) electrons. The lowest BCUT2D eigenvalue weighted by Crippen LogP contribution is -2.18. The smallest absolute Gasteiger partial charge is 0.162 e. The molecule has 0 bridgehead atoms. The van der Waals surface area contributed by atoms with Crippen LogP contribution in [-0.4, -0.2) is 13.2 Å². The maximum Gasteiger partial charge on any atom is 0.162 e. The van der Waals surface area contributed by atoms with Crippen LogP contribution >= 0.6 is 27.5 Å². The van der Waals surface area contributed by atoms with Crippen LogP contribution in [0.3, 0.4) is 0 Å².